The van der Waals surface area contributed by atoms with Crippen LogP contribution in [0.4, 0.5) is 0 Å². The fourth-order valence-electron chi connectivity index (χ4n) is 3.66. The second-order valence-corrected chi connectivity index (χ2v) is 6.96. The Morgan fingerprint density at radius 1 is 1.42 bits per heavy atom. The summed E-state index contributed by atoms with van der Waals surface area (Å²) >= 11 is 0. The Morgan fingerprint density at radius 2 is 2.23 bits per heavy atom. The van der Waals surface area contributed by atoms with Gasteiger partial charge in [0.05, 0.1) is 23.6 Å². The van der Waals surface area contributed by atoms with E-state index in [1.54, 1.807) is 0 Å². The van der Waals surface area contributed by atoms with E-state index in [0.29, 0.717) is 24.6 Å². The van der Waals surface area contributed by atoms with Gasteiger partial charge in [0.15, 0.2) is 0 Å². The van der Waals surface area contributed by atoms with Crippen molar-refractivity contribution in [2.45, 2.75) is 45.6 Å². The van der Waals surface area contributed by atoms with E-state index >= 15 is 0 Å². The Labute approximate surface area is 153 Å². The van der Waals surface area contributed by atoms with Crippen molar-refractivity contribution in [1.29, 1.82) is 0 Å². The molecule has 1 aliphatic rings. The summed E-state index contributed by atoms with van der Waals surface area (Å²) in [5, 5.41) is 13.7. The molecule has 140 valence electrons. The van der Waals surface area contributed by atoms with Gasteiger partial charge in [0.1, 0.15) is 5.76 Å². The maximum atomic E-state index is 11.0. The van der Waals surface area contributed by atoms with Crippen LogP contribution in [0.3, 0.4) is 0 Å². The van der Waals surface area contributed by atoms with Gasteiger partial charge in [-0.1, -0.05) is 11.2 Å². The lowest BCUT2D eigenvalue weighted by Crippen LogP contribution is -2.36. The summed E-state index contributed by atoms with van der Waals surface area (Å²) in [6.45, 7) is 6.19. The summed E-state index contributed by atoms with van der Waals surface area (Å²) in [7, 11) is 0. The van der Waals surface area contributed by atoms with Crippen LogP contribution in [0.2, 0.25) is 0 Å². The quantitative estimate of drug-likeness (QED) is 0.817. The largest absolute Gasteiger partial charge is 0.392 e. The van der Waals surface area contributed by atoms with Crippen LogP contribution in [0.5, 0.6) is 0 Å². The number of pyridine rings is 1. The Kier molecular flexibility index (Phi) is 5.68. The summed E-state index contributed by atoms with van der Waals surface area (Å²) < 4.78 is 5.28. The number of aliphatic hydroxyl groups is 1. The van der Waals surface area contributed by atoms with E-state index in [2.05, 4.69) is 10.1 Å². The zero-order valence-electron chi connectivity index (χ0n) is 15.4. The van der Waals surface area contributed by atoms with Crippen LogP contribution in [0, 0.1) is 13.8 Å². The molecule has 1 fully saturated rings. The van der Waals surface area contributed by atoms with Crippen molar-refractivity contribution in [2.75, 3.05) is 19.6 Å². The summed E-state index contributed by atoms with van der Waals surface area (Å²) in [6, 6.07) is 3.93. The van der Waals surface area contributed by atoms with Gasteiger partial charge in [0, 0.05) is 36.7 Å². The SMILES string of the molecule is Cc1noc(C)c1-c1nc([C@@H]2CCCN(CCC(N)=O)C2)ccc1CO. The lowest BCUT2D eigenvalue weighted by Gasteiger charge is -2.32. The number of carbonyl (C=O) groups excluding carboxylic acids is 1. The van der Waals surface area contributed by atoms with Crippen molar-refractivity contribution in [2.24, 2.45) is 5.73 Å². The van der Waals surface area contributed by atoms with Gasteiger partial charge in [0.2, 0.25) is 5.91 Å². The number of rotatable bonds is 6. The standard InChI is InChI=1S/C19H26N4O3/c1-12-18(13(2)26-22-12)19-15(11-24)5-6-16(21-19)14-4-3-8-23(10-14)9-7-17(20)25/h5-6,14,24H,3-4,7-11H2,1-2H3,(H2,20,25)/t14-/m1/s1. The minimum absolute atomic E-state index is 0.0813. The molecule has 7 nitrogen and oxygen atoms in total. The Balaban J connectivity index is 1.87. The Hall–Kier alpha value is -2.25. The molecular weight excluding hydrogens is 332 g/mol. The lowest BCUT2D eigenvalue weighted by atomic mass is 9.92. The van der Waals surface area contributed by atoms with Gasteiger partial charge in [-0.05, 0) is 39.3 Å². The van der Waals surface area contributed by atoms with Crippen molar-refractivity contribution < 1.29 is 14.4 Å². The second kappa shape index (κ2) is 7.97. The van der Waals surface area contributed by atoms with Gasteiger partial charge in [-0.25, -0.2) is 0 Å². The second-order valence-electron chi connectivity index (χ2n) is 6.96. The van der Waals surface area contributed by atoms with Crippen molar-refractivity contribution >= 4 is 5.91 Å². The highest BCUT2D eigenvalue weighted by molar-refractivity contribution is 5.73. The number of carbonyl (C=O) groups is 1. The van der Waals surface area contributed by atoms with Crippen LogP contribution < -0.4 is 5.73 Å². The van der Waals surface area contributed by atoms with Crippen molar-refractivity contribution in [3.63, 3.8) is 0 Å². The first-order chi connectivity index (χ1) is 12.5. The number of nitrogens with zero attached hydrogens (tertiary/aromatic N) is 3. The minimum atomic E-state index is -0.266. The highest BCUT2D eigenvalue weighted by Crippen LogP contribution is 2.32. The van der Waals surface area contributed by atoms with Crippen molar-refractivity contribution in [3.05, 3.63) is 34.8 Å². The van der Waals surface area contributed by atoms with Gasteiger partial charge >= 0.3 is 0 Å². The number of piperidine rings is 1. The molecule has 3 rings (SSSR count). The number of likely N-dealkylation sites (tertiary alicyclic amines) is 1. The van der Waals surface area contributed by atoms with Gasteiger partial charge in [-0.2, -0.15) is 0 Å². The molecule has 0 bridgehead atoms. The van der Waals surface area contributed by atoms with Crippen LogP contribution >= 0.6 is 0 Å². The average molecular weight is 358 g/mol. The molecule has 1 aliphatic heterocycles. The van der Waals surface area contributed by atoms with Crippen LogP contribution in [-0.2, 0) is 11.4 Å². The number of aryl methyl sites for hydroxylation is 2. The monoisotopic (exact) mass is 358 g/mol. The number of hydrogen-bond donors (Lipinski definition) is 2. The number of aliphatic hydroxyl groups excluding tert-OH is 1. The van der Waals surface area contributed by atoms with Gasteiger partial charge in [-0.3, -0.25) is 9.78 Å². The molecule has 0 spiro atoms. The minimum Gasteiger partial charge on any atom is -0.392 e. The molecule has 26 heavy (non-hydrogen) atoms. The summed E-state index contributed by atoms with van der Waals surface area (Å²) in [4.78, 5) is 18.2. The number of amides is 1. The summed E-state index contributed by atoms with van der Waals surface area (Å²) in [5.41, 5.74) is 9.42. The molecule has 0 aliphatic carbocycles. The van der Waals surface area contributed by atoms with E-state index < -0.39 is 0 Å². The third-order valence-corrected chi connectivity index (χ3v) is 5.04. The molecule has 3 heterocycles. The molecule has 2 aromatic rings. The maximum absolute atomic E-state index is 11.0. The molecule has 1 atom stereocenters. The zero-order chi connectivity index (χ0) is 18.7. The van der Waals surface area contributed by atoms with Gasteiger partial charge in [0.25, 0.3) is 0 Å². The fourth-order valence-corrected chi connectivity index (χ4v) is 3.66. The molecule has 7 heteroatoms. The van der Waals surface area contributed by atoms with Crippen LogP contribution in [-0.4, -0.2) is 45.7 Å². The molecule has 0 saturated carbocycles. The fraction of sp³-hybridized carbons (Fsp3) is 0.526. The Morgan fingerprint density at radius 3 is 2.88 bits per heavy atom. The van der Waals surface area contributed by atoms with E-state index in [9.17, 15) is 9.90 Å². The van der Waals surface area contributed by atoms with Crippen LogP contribution in [0.1, 0.15) is 47.9 Å². The molecule has 1 amide bonds. The van der Waals surface area contributed by atoms with Crippen molar-refractivity contribution in [1.82, 2.24) is 15.0 Å². The van der Waals surface area contributed by atoms with E-state index in [1.165, 1.54) is 0 Å². The zero-order valence-corrected chi connectivity index (χ0v) is 15.4. The van der Waals surface area contributed by atoms with Crippen LogP contribution in [0.25, 0.3) is 11.3 Å². The molecule has 3 N–H and O–H groups in total. The number of primary amides is 1. The predicted molar refractivity (Wildman–Crippen MR) is 97.4 cm³/mol. The molecule has 1 saturated heterocycles. The van der Waals surface area contributed by atoms with Crippen LogP contribution in [0.15, 0.2) is 16.7 Å². The number of aromatic nitrogens is 2. The maximum Gasteiger partial charge on any atom is 0.218 e. The smallest absolute Gasteiger partial charge is 0.218 e. The normalized spacial score (nSPS) is 18.2. The highest BCUT2D eigenvalue weighted by atomic mass is 16.5. The first-order valence-corrected chi connectivity index (χ1v) is 9.04. The average Bonchev–Trinajstić information content (AvgIpc) is 2.98. The molecule has 0 radical (unpaired) electrons. The third-order valence-electron chi connectivity index (χ3n) is 5.04. The summed E-state index contributed by atoms with van der Waals surface area (Å²) in [6.07, 6.45) is 2.50. The first-order valence-electron chi connectivity index (χ1n) is 9.04. The predicted octanol–water partition coefficient (Wildman–Crippen LogP) is 1.90. The third kappa shape index (κ3) is 3.94. The Bertz CT molecular complexity index is 768. The van der Waals surface area contributed by atoms with E-state index in [0.717, 1.165) is 54.1 Å². The van der Waals surface area contributed by atoms with E-state index in [1.807, 2.05) is 26.0 Å². The molecule has 0 aromatic carbocycles. The number of nitrogens with two attached hydrogens (primary N) is 1. The molecule has 0 unspecified atom stereocenters. The van der Waals surface area contributed by atoms with Crippen molar-refractivity contribution in [3.8, 4) is 11.3 Å². The van der Waals surface area contributed by atoms with Gasteiger partial charge in [-0.15, -0.1) is 0 Å². The van der Waals surface area contributed by atoms with Gasteiger partial charge < -0.3 is 20.3 Å². The molecule has 2 aromatic heterocycles. The number of hydrogen-bond acceptors (Lipinski definition) is 6. The lowest BCUT2D eigenvalue weighted by molar-refractivity contribution is -0.118. The van der Waals surface area contributed by atoms with E-state index in [4.69, 9.17) is 15.2 Å². The highest BCUT2D eigenvalue weighted by Gasteiger charge is 2.24. The topological polar surface area (TPSA) is 105 Å². The summed E-state index contributed by atoms with van der Waals surface area (Å²) in [5.74, 6) is 0.732. The first kappa shape index (κ1) is 18.5. The van der Waals surface area contributed by atoms with E-state index in [-0.39, 0.29) is 12.5 Å². The molecular formula is C19H26N4O3.